The minimum absolute atomic E-state index is 0.277. The Hall–Kier alpha value is -2.33. The fourth-order valence-electron chi connectivity index (χ4n) is 1.44. The first-order valence-electron chi connectivity index (χ1n) is 5.44. The Balaban J connectivity index is 2.10. The first-order chi connectivity index (χ1) is 9.50. The summed E-state index contributed by atoms with van der Waals surface area (Å²) >= 11 is 1.28. The number of anilines is 1. The normalized spacial score (nSPS) is 11.5. The highest BCUT2D eigenvalue weighted by atomic mass is 32.1. The molecule has 0 atom stereocenters. The first-order valence-corrected chi connectivity index (χ1v) is 6.32. The number of aliphatic imine (C=N–C) groups is 1. The van der Waals surface area contributed by atoms with Gasteiger partial charge >= 0.3 is 6.18 Å². The average molecular weight is 295 g/mol. The van der Waals surface area contributed by atoms with Gasteiger partial charge in [-0.05, 0) is 29.6 Å². The summed E-state index contributed by atoms with van der Waals surface area (Å²) in [4.78, 5) is 4.00. The zero-order valence-electron chi connectivity index (χ0n) is 9.98. The van der Waals surface area contributed by atoms with Gasteiger partial charge in [0.05, 0.1) is 17.5 Å². The van der Waals surface area contributed by atoms with E-state index in [1.807, 2.05) is 6.07 Å². The van der Waals surface area contributed by atoms with E-state index in [4.69, 9.17) is 5.26 Å². The standard InChI is InChI=1S/C13H8F3N3S/c14-13(15,16)10-2-1-3-11(6-10)18-8-19-12-9(7-17)4-5-20-12/h1-6,8H,(H,18,19). The van der Waals surface area contributed by atoms with Crippen molar-refractivity contribution < 1.29 is 13.2 Å². The molecule has 7 heteroatoms. The molecule has 3 nitrogen and oxygen atoms in total. The van der Waals surface area contributed by atoms with E-state index in [0.717, 1.165) is 12.1 Å². The molecule has 0 amide bonds. The van der Waals surface area contributed by atoms with Crippen molar-refractivity contribution in [3.8, 4) is 6.07 Å². The van der Waals surface area contributed by atoms with E-state index in [1.54, 1.807) is 11.4 Å². The van der Waals surface area contributed by atoms with Gasteiger partial charge in [0.15, 0.2) is 0 Å². The van der Waals surface area contributed by atoms with Crippen molar-refractivity contribution in [2.24, 2.45) is 4.99 Å². The van der Waals surface area contributed by atoms with Crippen LogP contribution in [0.15, 0.2) is 40.7 Å². The van der Waals surface area contributed by atoms with E-state index in [2.05, 4.69) is 10.3 Å². The average Bonchev–Trinajstić information content (AvgIpc) is 2.86. The van der Waals surface area contributed by atoms with Gasteiger partial charge in [-0.3, -0.25) is 0 Å². The van der Waals surface area contributed by atoms with Gasteiger partial charge in [-0.25, -0.2) is 4.99 Å². The fraction of sp³-hybridized carbons (Fsp3) is 0.0769. The lowest BCUT2D eigenvalue weighted by Crippen LogP contribution is -2.05. The molecule has 0 aliphatic heterocycles. The highest BCUT2D eigenvalue weighted by Crippen LogP contribution is 2.30. The quantitative estimate of drug-likeness (QED) is 0.673. The summed E-state index contributed by atoms with van der Waals surface area (Å²) in [5.41, 5.74) is -0.0273. The van der Waals surface area contributed by atoms with Crippen LogP contribution in [0, 0.1) is 11.3 Å². The van der Waals surface area contributed by atoms with Crippen LogP contribution in [-0.4, -0.2) is 6.34 Å². The summed E-state index contributed by atoms with van der Waals surface area (Å²) in [5, 5.41) is 13.7. The molecule has 20 heavy (non-hydrogen) atoms. The molecule has 1 aromatic heterocycles. The zero-order chi connectivity index (χ0) is 14.6. The molecule has 0 spiro atoms. The summed E-state index contributed by atoms with van der Waals surface area (Å²) in [6.07, 6.45) is -3.11. The molecule has 1 heterocycles. The molecule has 1 N–H and O–H groups in total. The van der Waals surface area contributed by atoms with Gasteiger partial charge in [-0.1, -0.05) is 6.07 Å². The van der Waals surface area contributed by atoms with E-state index in [-0.39, 0.29) is 5.69 Å². The van der Waals surface area contributed by atoms with Crippen molar-refractivity contribution >= 4 is 28.4 Å². The highest BCUT2D eigenvalue weighted by molar-refractivity contribution is 7.14. The Morgan fingerprint density at radius 2 is 2.10 bits per heavy atom. The van der Waals surface area contributed by atoms with Gasteiger partial charge in [0.1, 0.15) is 11.1 Å². The second-order valence-corrected chi connectivity index (χ2v) is 4.63. The third-order valence-corrected chi connectivity index (χ3v) is 3.19. The number of hydrogen-bond donors (Lipinski definition) is 1. The van der Waals surface area contributed by atoms with Crippen molar-refractivity contribution in [3.05, 3.63) is 46.8 Å². The Labute approximate surface area is 117 Å². The largest absolute Gasteiger partial charge is 0.416 e. The van der Waals surface area contributed by atoms with Gasteiger partial charge in [-0.15, -0.1) is 11.3 Å². The Bertz CT molecular complexity index is 668. The molecule has 2 aromatic rings. The Kier molecular flexibility index (Phi) is 4.05. The molecular formula is C13H8F3N3S. The number of thiophene rings is 1. The predicted molar refractivity (Wildman–Crippen MR) is 72.3 cm³/mol. The molecule has 0 saturated carbocycles. The van der Waals surface area contributed by atoms with Crippen LogP contribution < -0.4 is 5.32 Å². The van der Waals surface area contributed by atoms with Crippen LogP contribution in [-0.2, 0) is 6.18 Å². The molecule has 1 aromatic carbocycles. The van der Waals surface area contributed by atoms with Crippen LogP contribution >= 0.6 is 11.3 Å². The minimum Gasteiger partial charge on any atom is -0.346 e. The van der Waals surface area contributed by atoms with Crippen molar-refractivity contribution in [3.63, 3.8) is 0 Å². The number of hydrogen-bond acceptors (Lipinski definition) is 3. The SMILES string of the molecule is N#Cc1ccsc1N=CNc1cccc(C(F)(F)F)c1. The lowest BCUT2D eigenvalue weighted by atomic mass is 10.2. The molecule has 0 unspecified atom stereocenters. The lowest BCUT2D eigenvalue weighted by molar-refractivity contribution is -0.137. The third kappa shape index (κ3) is 3.36. The van der Waals surface area contributed by atoms with Crippen LogP contribution in [0.1, 0.15) is 11.1 Å². The number of rotatable bonds is 3. The molecule has 0 bridgehead atoms. The van der Waals surface area contributed by atoms with Crippen LogP contribution in [0.2, 0.25) is 0 Å². The number of nitriles is 1. The fourth-order valence-corrected chi connectivity index (χ4v) is 2.12. The molecule has 102 valence electrons. The number of nitrogens with zero attached hydrogens (tertiary/aromatic N) is 2. The van der Waals surface area contributed by atoms with E-state index in [0.29, 0.717) is 10.6 Å². The van der Waals surface area contributed by atoms with Gasteiger partial charge in [0.2, 0.25) is 0 Å². The van der Waals surface area contributed by atoms with Crippen molar-refractivity contribution in [1.82, 2.24) is 0 Å². The molecule has 0 saturated heterocycles. The highest BCUT2D eigenvalue weighted by Gasteiger charge is 2.30. The number of halogens is 3. The van der Waals surface area contributed by atoms with Crippen LogP contribution in [0.4, 0.5) is 23.9 Å². The second-order valence-electron chi connectivity index (χ2n) is 3.73. The van der Waals surface area contributed by atoms with Gasteiger partial charge in [0.25, 0.3) is 0 Å². The second kappa shape index (κ2) is 5.75. The van der Waals surface area contributed by atoms with Crippen LogP contribution in [0.3, 0.4) is 0 Å². The molecular weight excluding hydrogens is 287 g/mol. The van der Waals surface area contributed by atoms with Crippen LogP contribution in [0.5, 0.6) is 0 Å². The number of alkyl halides is 3. The van der Waals surface area contributed by atoms with E-state index in [9.17, 15) is 13.2 Å². The molecule has 0 fully saturated rings. The maximum Gasteiger partial charge on any atom is 0.416 e. The minimum atomic E-state index is -4.38. The van der Waals surface area contributed by atoms with E-state index < -0.39 is 11.7 Å². The first kappa shape index (κ1) is 14.1. The summed E-state index contributed by atoms with van der Waals surface area (Å²) in [5.74, 6) is 0. The predicted octanol–water partition coefficient (Wildman–Crippen LogP) is 4.41. The van der Waals surface area contributed by atoms with E-state index >= 15 is 0 Å². The lowest BCUT2D eigenvalue weighted by Gasteiger charge is -2.08. The van der Waals surface area contributed by atoms with Gasteiger partial charge in [0, 0.05) is 5.69 Å². The van der Waals surface area contributed by atoms with Crippen molar-refractivity contribution in [2.75, 3.05) is 5.32 Å². The number of benzene rings is 1. The number of nitrogens with one attached hydrogen (secondary N) is 1. The summed E-state index contributed by atoms with van der Waals surface area (Å²) < 4.78 is 37.5. The summed E-state index contributed by atoms with van der Waals surface area (Å²) in [6, 6.07) is 8.40. The zero-order valence-corrected chi connectivity index (χ0v) is 10.8. The van der Waals surface area contributed by atoms with E-state index in [1.165, 1.54) is 29.8 Å². The maximum absolute atomic E-state index is 12.5. The molecule has 0 radical (unpaired) electrons. The molecule has 2 rings (SSSR count). The van der Waals surface area contributed by atoms with Gasteiger partial charge < -0.3 is 5.32 Å². The Morgan fingerprint density at radius 3 is 2.80 bits per heavy atom. The smallest absolute Gasteiger partial charge is 0.346 e. The monoisotopic (exact) mass is 295 g/mol. The summed E-state index contributed by atoms with van der Waals surface area (Å²) in [6.45, 7) is 0. The summed E-state index contributed by atoms with van der Waals surface area (Å²) in [7, 11) is 0. The topological polar surface area (TPSA) is 48.2 Å². The molecule has 0 aliphatic rings. The third-order valence-electron chi connectivity index (χ3n) is 2.37. The molecule has 0 aliphatic carbocycles. The van der Waals surface area contributed by atoms with Crippen molar-refractivity contribution in [1.29, 1.82) is 5.26 Å². The van der Waals surface area contributed by atoms with Crippen molar-refractivity contribution in [2.45, 2.75) is 6.18 Å². The van der Waals surface area contributed by atoms with Gasteiger partial charge in [-0.2, -0.15) is 18.4 Å². The Morgan fingerprint density at radius 1 is 1.30 bits per heavy atom. The van der Waals surface area contributed by atoms with Crippen LogP contribution in [0.25, 0.3) is 0 Å². The maximum atomic E-state index is 12.5.